The van der Waals surface area contributed by atoms with E-state index in [0.717, 1.165) is 24.4 Å². The molecule has 0 aliphatic heterocycles. The van der Waals surface area contributed by atoms with Gasteiger partial charge in [0.05, 0.1) is 0 Å². The lowest BCUT2D eigenvalue weighted by Crippen LogP contribution is -2.20. The van der Waals surface area contributed by atoms with Gasteiger partial charge in [0.15, 0.2) is 0 Å². The van der Waals surface area contributed by atoms with E-state index >= 15 is 0 Å². The molecule has 0 rings (SSSR count). The number of hydrogen-bond donors (Lipinski definition) is 0. The van der Waals surface area contributed by atoms with Crippen LogP contribution in [-0.2, 0) is 4.74 Å². The molecule has 0 aromatic rings. The normalized spacial score (nSPS) is 12.4. The molecule has 15 heavy (non-hydrogen) atoms. The number of allylic oxidation sites excluding steroid dienone is 2. The second kappa shape index (κ2) is 4.87. The first-order valence-corrected chi connectivity index (χ1v) is 5.74. The van der Waals surface area contributed by atoms with Crippen molar-refractivity contribution in [2.24, 2.45) is 10.8 Å². The molecule has 0 aliphatic carbocycles. The molecular weight excluding hydrogens is 184 g/mol. The maximum Gasteiger partial charge on any atom is 0.102 e. The Morgan fingerprint density at radius 2 is 1.13 bits per heavy atom. The molecule has 0 atom stereocenters. The van der Waals surface area contributed by atoms with E-state index in [1.54, 1.807) is 0 Å². The van der Waals surface area contributed by atoms with Crippen LogP contribution in [0.2, 0.25) is 0 Å². The molecule has 0 saturated heterocycles. The van der Waals surface area contributed by atoms with Crippen molar-refractivity contribution in [3.05, 3.63) is 24.7 Å². The van der Waals surface area contributed by atoms with Gasteiger partial charge in [0.1, 0.15) is 11.5 Å². The molecule has 0 amide bonds. The molecule has 0 N–H and O–H groups in total. The van der Waals surface area contributed by atoms with Crippen LogP contribution in [0.3, 0.4) is 0 Å². The molecule has 0 aromatic heterocycles. The average molecular weight is 210 g/mol. The Balaban J connectivity index is 4.51. The van der Waals surface area contributed by atoms with Gasteiger partial charge in [-0.15, -0.1) is 0 Å². The quantitative estimate of drug-likeness (QED) is 0.566. The summed E-state index contributed by atoms with van der Waals surface area (Å²) in [5.74, 6) is 1.63. The van der Waals surface area contributed by atoms with Gasteiger partial charge in [0.25, 0.3) is 0 Å². The highest BCUT2D eigenvalue weighted by Gasteiger charge is 2.26. The Morgan fingerprint density at radius 1 is 0.867 bits per heavy atom. The molecule has 88 valence electrons. The third-order valence-electron chi connectivity index (χ3n) is 3.52. The van der Waals surface area contributed by atoms with Gasteiger partial charge < -0.3 is 4.74 Å². The van der Waals surface area contributed by atoms with E-state index in [2.05, 4.69) is 54.7 Å². The summed E-state index contributed by atoms with van der Waals surface area (Å²) in [6.45, 7) is 20.8. The second-order valence-corrected chi connectivity index (χ2v) is 5.42. The summed E-state index contributed by atoms with van der Waals surface area (Å²) in [6, 6.07) is 0. The third kappa shape index (κ3) is 3.73. The zero-order valence-electron chi connectivity index (χ0n) is 11.2. The molecule has 0 unspecified atom stereocenters. The summed E-state index contributed by atoms with van der Waals surface area (Å²) in [5, 5.41) is 0. The zero-order chi connectivity index (χ0) is 12.3. The fraction of sp³-hybridized carbons (Fsp3) is 0.714. The van der Waals surface area contributed by atoms with E-state index in [1.165, 1.54) is 0 Å². The molecular formula is C14H26O. The van der Waals surface area contributed by atoms with Gasteiger partial charge in [-0.25, -0.2) is 0 Å². The van der Waals surface area contributed by atoms with Gasteiger partial charge in [-0.1, -0.05) is 54.7 Å². The number of ether oxygens (including phenoxy) is 1. The van der Waals surface area contributed by atoms with Crippen LogP contribution in [0.5, 0.6) is 0 Å². The van der Waals surface area contributed by atoms with Crippen LogP contribution >= 0.6 is 0 Å². The van der Waals surface area contributed by atoms with Crippen molar-refractivity contribution in [3.63, 3.8) is 0 Å². The van der Waals surface area contributed by atoms with Crippen LogP contribution in [0.4, 0.5) is 0 Å². The lowest BCUT2D eigenvalue weighted by molar-refractivity contribution is 0.148. The van der Waals surface area contributed by atoms with Crippen molar-refractivity contribution in [1.82, 2.24) is 0 Å². The van der Waals surface area contributed by atoms with Crippen molar-refractivity contribution in [1.29, 1.82) is 0 Å². The van der Waals surface area contributed by atoms with Crippen LogP contribution in [0.25, 0.3) is 0 Å². The predicted molar refractivity (Wildman–Crippen MR) is 67.5 cm³/mol. The van der Waals surface area contributed by atoms with Gasteiger partial charge in [0.2, 0.25) is 0 Å². The Kier molecular flexibility index (Phi) is 4.64. The van der Waals surface area contributed by atoms with Crippen LogP contribution in [0.15, 0.2) is 24.7 Å². The van der Waals surface area contributed by atoms with Crippen LogP contribution in [0, 0.1) is 10.8 Å². The first-order valence-electron chi connectivity index (χ1n) is 5.74. The van der Waals surface area contributed by atoms with Crippen molar-refractivity contribution in [2.75, 3.05) is 0 Å². The molecule has 0 fully saturated rings. The molecule has 0 heterocycles. The third-order valence-corrected chi connectivity index (χ3v) is 3.52. The predicted octanol–water partition coefficient (Wildman–Crippen LogP) is 4.90. The fourth-order valence-corrected chi connectivity index (χ4v) is 0.819. The lowest BCUT2D eigenvalue weighted by Gasteiger charge is -2.31. The average Bonchev–Trinajstić information content (AvgIpc) is 2.17. The lowest BCUT2D eigenvalue weighted by atomic mass is 9.86. The van der Waals surface area contributed by atoms with E-state index in [0.29, 0.717) is 0 Å². The van der Waals surface area contributed by atoms with E-state index in [4.69, 9.17) is 4.74 Å². The summed E-state index contributed by atoms with van der Waals surface area (Å²) in [6.07, 6.45) is 2.04. The van der Waals surface area contributed by atoms with Gasteiger partial charge in [-0.2, -0.15) is 0 Å². The van der Waals surface area contributed by atoms with E-state index in [1.807, 2.05) is 0 Å². The first kappa shape index (κ1) is 14.3. The summed E-state index contributed by atoms with van der Waals surface area (Å²) in [4.78, 5) is 0. The van der Waals surface area contributed by atoms with Crippen LogP contribution in [-0.4, -0.2) is 0 Å². The zero-order valence-corrected chi connectivity index (χ0v) is 11.2. The molecule has 0 aromatic carbocycles. The standard InChI is InChI=1S/C14H26O/c1-9-13(5,6)11(3)15-12(4)14(7,8)10-2/h3-4,9-10H2,1-2,5-8H3. The van der Waals surface area contributed by atoms with Gasteiger partial charge in [-0.3, -0.25) is 0 Å². The second-order valence-electron chi connectivity index (χ2n) is 5.42. The van der Waals surface area contributed by atoms with Gasteiger partial charge in [0, 0.05) is 10.8 Å². The van der Waals surface area contributed by atoms with Crippen LogP contribution < -0.4 is 0 Å². The van der Waals surface area contributed by atoms with E-state index in [9.17, 15) is 0 Å². The molecule has 0 spiro atoms. The minimum Gasteiger partial charge on any atom is -0.466 e. The van der Waals surface area contributed by atoms with Crippen molar-refractivity contribution in [3.8, 4) is 0 Å². The van der Waals surface area contributed by atoms with Crippen LogP contribution in [0.1, 0.15) is 54.4 Å². The van der Waals surface area contributed by atoms with Crippen molar-refractivity contribution >= 4 is 0 Å². The molecule has 0 aliphatic rings. The van der Waals surface area contributed by atoms with Crippen molar-refractivity contribution in [2.45, 2.75) is 54.4 Å². The SMILES string of the molecule is C=C(OC(=C)C(C)(C)CC)C(C)(C)CC. The Bertz CT molecular complexity index is 220. The monoisotopic (exact) mass is 210 g/mol. The maximum atomic E-state index is 5.77. The topological polar surface area (TPSA) is 9.23 Å². The summed E-state index contributed by atoms with van der Waals surface area (Å²) in [7, 11) is 0. The largest absolute Gasteiger partial charge is 0.466 e. The van der Waals surface area contributed by atoms with E-state index < -0.39 is 0 Å². The number of rotatable bonds is 6. The molecule has 0 saturated carbocycles. The highest BCUT2D eigenvalue weighted by atomic mass is 16.5. The van der Waals surface area contributed by atoms with E-state index in [-0.39, 0.29) is 10.8 Å². The summed E-state index contributed by atoms with van der Waals surface area (Å²) in [5.41, 5.74) is 0.0412. The maximum absolute atomic E-state index is 5.77. The summed E-state index contributed by atoms with van der Waals surface area (Å²) < 4.78 is 5.77. The smallest absolute Gasteiger partial charge is 0.102 e. The first-order chi connectivity index (χ1) is 6.67. The Hall–Kier alpha value is -0.720. The molecule has 1 heteroatoms. The molecule has 0 radical (unpaired) electrons. The molecule has 1 nitrogen and oxygen atoms in total. The minimum atomic E-state index is 0.0206. The summed E-state index contributed by atoms with van der Waals surface area (Å²) >= 11 is 0. The highest BCUT2D eigenvalue weighted by Crippen LogP contribution is 2.36. The number of hydrogen-bond acceptors (Lipinski definition) is 1. The fourth-order valence-electron chi connectivity index (χ4n) is 0.819. The van der Waals surface area contributed by atoms with Gasteiger partial charge >= 0.3 is 0 Å². The van der Waals surface area contributed by atoms with Gasteiger partial charge in [-0.05, 0) is 12.8 Å². The molecule has 0 bridgehead atoms. The highest BCUT2D eigenvalue weighted by molar-refractivity contribution is 5.07. The van der Waals surface area contributed by atoms with Crippen molar-refractivity contribution < 1.29 is 4.74 Å². The Labute approximate surface area is 95.2 Å². The minimum absolute atomic E-state index is 0.0206. The Morgan fingerprint density at radius 3 is 1.33 bits per heavy atom.